The van der Waals surface area contributed by atoms with Gasteiger partial charge in [-0.2, -0.15) is 0 Å². The largest absolute Gasteiger partial charge is 0.378 e. The fourth-order valence-corrected chi connectivity index (χ4v) is 1.37. The molecule has 2 nitrogen and oxygen atoms in total. The number of carbonyl (C=O) groups is 1. The highest BCUT2D eigenvalue weighted by atomic mass is 16.1. The first kappa shape index (κ1) is 13.2. The molecular formula is C12H23NO. The molecule has 14 heavy (non-hydrogen) atoms. The maximum absolute atomic E-state index is 11.6. The number of Topliss-reactive ketones (excluding diaryl/α,β-unsaturated/α-hetero) is 1. The molecule has 0 aromatic rings. The van der Waals surface area contributed by atoms with Gasteiger partial charge >= 0.3 is 0 Å². The van der Waals surface area contributed by atoms with E-state index in [2.05, 4.69) is 18.7 Å². The Morgan fingerprint density at radius 2 is 1.71 bits per heavy atom. The van der Waals surface area contributed by atoms with Crippen molar-refractivity contribution in [3.8, 4) is 0 Å². The van der Waals surface area contributed by atoms with Gasteiger partial charge in [0.2, 0.25) is 0 Å². The predicted octanol–water partition coefficient (Wildman–Crippen LogP) is 2.99. The summed E-state index contributed by atoms with van der Waals surface area (Å²) in [4.78, 5) is 13.8. The smallest absolute Gasteiger partial charge is 0.160 e. The third-order valence-electron chi connectivity index (χ3n) is 2.37. The average molecular weight is 197 g/mol. The Morgan fingerprint density at radius 3 is 2.07 bits per heavy atom. The van der Waals surface area contributed by atoms with Crippen LogP contribution < -0.4 is 0 Å². The van der Waals surface area contributed by atoms with E-state index in [1.165, 1.54) is 0 Å². The van der Waals surface area contributed by atoms with Crippen LogP contribution >= 0.6 is 0 Å². The molecule has 0 saturated carbocycles. The van der Waals surface area contributed by atoms with Crippen molar-refractivity contribution >= 4 is 5.78 Å². The zero-order valence-electron chi connectivity index (χ0n) is 9.97. The molecule has 0 bridgehead atoms. The van der Waals surface area contributed by atoms with Crippen molar-refractivity contribution in [2.75, 3.05) is 13.1 Å². The summed E-state index contributed by atoms with van der Waals surface area (Å²) in [5, 5.41) is 0. The highest BCUT2D eigenvalue weighted by Crippen LogP contribution is 2.08. The predicted molar refractivity (Wildman–Crippen MR) is 61.2 cm³/mol. The van der Waals surface area contributed by atoms with Gasteiger partial charge in [0.1, 0.15) is 0 Å². The van der Waals surface area contributed by atoms with E-state index in [0.717, 1.165) is 31.5 Å². The quantitative estimate of drug-likeness (QED) is 0.585. The van der Waals surface area contributed by atoms with Gasteiger partial charge in [0.25, 0.3) is 0 Å². The van der Waals surface area contributed by atoms with E-state index >= 15 is 0 Å². The Hall–Kier alpha value is -0.790. The number of rotatable bonds is 7. The van der Waals surface area contributed by atoms with Gasteiger partial charge in [-0.1, -0.05) is 13.8 Å². The van der Waals surface area contributed by atoms with Crippen molar-refractivity contribution in [3.63, 3.8) is 0 Å². The van der Waals surface area contributed by atoms with Crippen LogP contribution in [0.2, 0.25) is 0 Å². The standard InChI is InChI=1S/C12H23NO/c1-5-9-12(14)11(6-2)10-13(7-3)8-4/h10H,5-9H2,1-4H3. The molecule has 0 atom stereocenters. The second kappa shape index (κ2) is 7.60. The van der Waals surface area contributed by atoms with Gasteiger partial charge in [0, 0.05) is 31.3 Å². The molecule has 82 valence electrons. The molecular weight excluding hydrogens is 174 g/mol. The normalized spacial score (nSPS) is 11.6. The molecule has 0 rings (SSSR count). The number of hydrogen-bond acceptors (Lipinski definition) is 2. The van der Waals surface area contributed by atoms with E-state index < -0.39 is 0 Å². The summed E-state index contributed by atoms with van der Waals surface area (Å²) in [6.45, 7) is 10.2. The van der Waals surface area contributed by atoms with Crippen LogP contribution in [-0.2, 0) is 4.79 Å². The fraction of sp³-hybridized carbons (Fsp3) is 0.750. The number of nitrogens with zero attached hydrogens (tertiary/aromatic N) is 1. The SMILES string of the molecule is CCCC(=O)C(=CN(CC)CC)CC. The Kier molecular flexibility index (Phi) is 7.17. The molecule has 0 fully saturated rings. The molecule has 0 heterocycles. The Morgan fingerprint density at radius 1 is 1.14 bits per heavy atom. The maximum Gasteiger partial charge on any atom is 0.160 e. The van der Waals surface area contributed by atoms with Crippen LogP contribution in [0.4, 0.5) is 0 Å². The van der Waals surface area contributed by atoms with Crippen molar-refractivity contribution in [2.45, 2.75) is 47.0 Å². The first-order chi connectivity index (χ1) is 6.69. The van der Waals surface area contributed by atoms with Gasteiger partial charge in [-0.15, -0.1) is 0 Å². The van der Waals surface area contributed by atoms with E-state index in [1.54, 1.807) is 0 Å². The third-order valence-corrected chi connectivity index (χ3v) is 2.37. The molecule has 0 saturated heterocycles. The van der Waals surface area contributed by atoms with Crippen LogP contribution in [0.5, 0.6) is 0 Å². The minimum atomic E-state index is 0.307. The molecule has 0 spiro atoms. The van der Waals surface area contributed by atoms with Crippen molar-refractivity contribution in [1.29, 1.82) is 0 Å². The van der Waals surface area contributed by atoms with E-state index in [9.17, 15) is 4.79 Å². The summed E-state index contributed by atoms with van der Waals surface area (Å²) in [5.74, 6) is 0.307. The third kappa shape index (κ3) is 4.45. The second-order valence-corrected chi connectivity index (χ2v) is 3.40. The van der Waals surface area contributed by atoms with Gasteiger partial charge in [-0.3, -0.25) is 4.79 Å². The summed E-state index contributed by atoms with van der Waals surface area (Å²) in [6, 6.07) is 0. The molecule has 0 aromatic heterocycles. The molecule has 0 aromatic carbocycles. The van der Waals surface area contributed by atoms with E-state index in [4.69, 9.17) is 0 Å². The first-order valence-electron chi connectivity index (χ1n) is 5.67. The van der Waals surface area contributed by atoms with Gasteiger partial charge in [0.15, 0.2) is 5.78 Å². The Bertz CT molecular complexity index is 192. The molecule has 0 aliphatic carbocycles. The zero-order chi connectivity index (χ0) is 11.0. The van der Waals surface area contributed by atoms with E-state index in [0.29, 0.717) is 12.2 Å². The van der Waals surface area contributed by atoms with Crippen molar-refractivity contribution in [2.24, 2.45) is 0 Å². The number of allylic oxidation sites excluding steroid dienone is 1. The van der Waals surface area contributed by atoms with Crippen LogP contribution in [-0.4, -0.2) is 23.8 Å². The van der Waals surface area contributed by atoms with E-state index in [-0.39, 0.29) is 0 Å². The van der Waals surface area contributed by atoms with Crippen LogP contribution in [0.3, 0.4) is 0 Å². The number of hydrogen-bond donors (Lipinski definition) is 0. The van der Waals surface area contributed by atoms with Gasteiger partial charge < -0.3 is 4.90 Å². The van der Waals surface area contributed by atoms with Gasteiger partial charge in [0.05, 0.1) is 0 Å². The molecule has 0 aliphatic rings. The lowest BCUT2D eigenvalue weighted by molar-refractivity contribution is -0.115. The van der Waals surface area contributed by atoms with Crippen LogP contribution in [0.15, 0.2) is 11.8 Å². The molecule has 0 unspecified atom stereocenters. The topological polar surface area (TPSA) is 20.3 Å². The minimum Gasteiger partial charge on any atom is -0.378 e. The Balaban J connectivity index is 4.43. The zero-order valence-corrected chi connectivity index (χ0v) is 9.97. The lowest BCUT2D eigenvalue weighted by atomic mass is 10.1. The number of ketones is 1. The summed E-state index contributed by atoms with van der Waals surface area (Å²) in [5.41, 5.74) is 0.968. The van der Waals surface area contributed by atoms with Gasteiger partial charge in [-0.05, 0) is 26.7 Å². The van der Waals surface area contributed by atoms with Crippen molar-refractivity contribution < 1.29 is 4.79 Å². The lowest BCUT2D eigenvalue weighted by Crippen LogP contribution is -2.18. The molecule has 0 aliphatic heterocycles. The summed E-state index contributed by atoms with van der Waals surface area (Å²) >= 11 is 0. The Labute approximate surface area is 88.0 Å². The van der Waals surface area contributed by atoms with Crippen LogP contribution in [0.1, 0.15) is 47.0 Å². The lowest BCUT2D eigenvalue weighted by Gasteiger charge is -2.17. The highest BCUT2D eigenvalue weighted by Gasteiger charge is 2.07. The monoisotopic (exact) mass is 197 g/mol. The van der Waals surface area contributed by atoms with Crippen molar-refractivity contribution in [1.82, 2.24) is 4.90 Å². The molecule has 0 radical (unpaired) electrons. The van der Waals surface area contributed by atoms with Gasteiger partial charge in [-0.25, -0.2) is 0 Å². The van der Waals surface area contributed by atoms with Crippen molar-refractivity contribution in [3.05, 3.63) is 11.8 Å². The summed E-state index contributed by atoms with van der Waals surface area (Å²) < 4.78 is 0. The average Bonchev–Trinajstić information content (AvgIpc) is 2.20. The molecule has 2 heteroatoms. The highest BCUT2D eigenvalue weighted by molar-refractivity contribution is 5.95. The molecule has 0 amide bonds. The minimum absolute atomic E-state index is 0.307. The van der Waals surface area contributed by atoms with Crippen LogP contribution in [0.25, 0.3) is 0 Å². The summed E-state index contributed by atoms with van der Waals surface area (Å²) in [7, 11) is 0. The summed E-state index contributed by atoms with van der Waals surface area (Å²) in [6.07, 6.45) is 4.49. The van der Waals surface area contributed by atoms with E-state index in [1.807, 2.05) is 20.0 Å². The second-order valence-electron chi connectivity index (χ2n) is 3.40. The first-order valence-corrected chi connectivity index (χ1v) is 5.67. The maximum atomic E-state index is 11.6. The fourth-order valence-electron chi connectivity index (χ4n) is 1.37. The molecule has 0 N–H and O–H groups in total. The number of carbonyl (C=O) groups excluding carboxylic acids is 1. The van der Waals surface area contributed by atoms with Crippen LogP contribution in [0, 0.1) is 0 Å².